The van der Waals surface area contributed by atoms with Crippen molar-refractivity contribution in [1.82, 2.24) is 9.88 Å². The van der Waals surface area contributed by atoms with Crippen LogP contribution in [0, 0.1) is 0 Å². The average Bonchev–Trinajstić information content (AvgIpc) is 2.78. The van der Waals surface area contributed by atoms with Crippen LogP contribution in [-0.4, -0.2) is 42.1 Å². The van der Waals surface area contributed by atoms with E-state index in [1.165, 1.54) is 11.3 Å². The van der Waals surface area contributed by atoms with Crippen molar-refractivity contribution in [3.63, 3.8) is 0 Å². The van der Waals surface area contributed by atoms with Gasteiger partial charge in [-0.15, -0.1) is 11.3 Å². The second kappa shape index (κ2) is 6.19. The molecule has 2 heterocycles. The van der Waals surface area contributed by atoms with Crippen LogP contribution in [0.5, 0.6) is 0 Å². The number of pyridine rings is 1. The van der Waals surface area contributed by atoms with Gasteiger partial charge in [0.1, 0.15) is 9.71 Å². The molecule has 0 aliphatic rings. The van der Waals surface area contributed by atoms with Crippen molar-refractivity contribution in [3.05, 3.63) is 23.2 Å². The highest BCUT2D eigenvalue weighted by Gasteiger charge is 2.24. The molecule has 0 bridgehead atoms. The monoisotopic (exact) mass is 293 g/mol. The lowest BCUT2D eigenvalue weighted by Crippen LogP contribution is -2.40. The number of thiophene rings is 1. The van der Waals surface area contributed by atoms with E-state index in [2.05, 4.69) is 4.98 Å². The molecule has 6 heteroatoms. The van der Waals surface area contributed by atoms with Gasteiger partial charge in [0.15, 0.2) is 0 Å². The number of carbonyl (C=O) groups excluding carboxylic acids is 1. The van der Waals surface area contributed by atoms with Gasteiger partial charge in [0.25, 0.3) is 5.91 Å². The lowest BCUT2D eigenvalue weighted by molar-refractivity contribution is 0.0585. The Balaban J connectivity index is 2.37. The van der Waals surface area contributed by atoms with E-state index >= 15 is 0 Å². The van der Waals surface area contributed by atoms with Crippen LogP contribution in [0.25, 0.3) is 10.2 Å². The summed E-state index contributed by atoms with van der Waals surface area (Å²) in [7, 11) is 1.63. The first-order chi connectivity index (χ1) is 9.60. The lowest BCUT2D eigenvalue weighted by Gasteiger charge is -2.27. The van der Waals surface area contributed by atoms with Gasteiger partial charge in [-0.05, 0) is 26.0 Å². The summed E-state index contributed by atoms with van der Waals surface area (Å²) < 4.78 is 5.13. The number of ether oxygens (including phenoxy) is 1. The highest BCUT2D eigenvalue weighted by atomic mass is 32.1. The number of anilines is 1. The molecule has 0 spiro atoms. The molecule has 0 saturated heterocycles. The fraction of sp³-hybridized carbons (Fsp3) is 0.429. The summed E-state index contributed by atoms with van der Waals surface area (Å²) in [5.41, 5.74) is 6.62. The van der Waals surface area contributed by atoms with Crippen molar-refractivity contribution in [2.75, 3.05) is 26.0 Å². The van der Waals surface area contributed by atoms with Crippen LogP contribution in [0.2, 0.25) is 0 Å². The molecule has 1 amide bonds. The molecule has 0 aliphatic carbocycles. The smallest absolute Gasteiger partial charge is 0.266 e. The average molecular weight is 293 g/mol. The highest BCUT2D eigenvalue weighted by molar-refractivity contribution is 7.21. The predicted octanol–water partition coefficient (Wildman–Crippen LogP) is 2.38. The molecule has 0 radical (unpaired) electrons. The molecular formula is C14H19N3O2S. The molecule has 2 N–H and O–H groups in total. The van der Waals surface area contributed by atoms with E-state index < -0.39 is 0 Å². The third-order valence-electron chi connectivity index (χ3n) is 3.24. The Morgan fingerprint density at radius 3 is 2.95 bits per heavy atom. The van der Waals surface area contributed by atoms with Gasteiger partial charge in [-0.2, -0.15) is 0 Å². The minimum Gasteiger partial charge on any atom is -0.397 e. The first-order valence-corrected chi connectivity index (χ1v) is 7.34. The molecule has 0 saturated carbocycles. The first kappa shape index (κ1) is 14.7. The highest BCUT2D eigenvalue weighted by Crippen LogP contribution is 2.33. The molecule has 0 aromatic carbocycles. The van der Waals surface area contributed by atoms with Crippen LogP contribution in [0.4, 0.5) is 5.69 Å². The van der Waals surface area contributed by atoms with Gasteiger partial charge < -0.3 is 15.4 Å². The fourth-order valence-corrected chi connectivity index (χ4v) is 3.25. The minimum absolute atomic E-state index is 0.00933. The van der Waals surface area contributed by atoms with Gasteiger partial charge in [-0.25, -0.2) is 4.98 Å². The van der Waals surface area contributed by atoms with Gasteiger partial charge in [0, 0.05) is 25.2 Å². The Bertz CT molecular complexity index is 611. The molecule has 1 unspecified atom stereocenters. The molecule has 108 valence electrons. The summed E-state index contributed by atoms with van der Waals surface area (Å²) in [4.78, 5) is 20.0. The molecule has 2 rings (SSSR count). The van der Waals surface area contributed by atoms with Crippen LogP contribution in [0.1, 0.15) is 23.5 Å². The maximum Gasteiger partial charge on any atom is 0.266 e. The molecule has 2 aromatic rings. The largest absolute Gasteiger partial charge is 0.397 e. The van der Waals surface area contributed by atoms with E-state index in [0.29, 0.717) is 23.7 Å². The van der Waals surface area contributed by atoms with E-state index in [4.69, 9.17) is 10.5 Å². The van der Waals surface area contributed by atoms with Crippen LogP contribution in [0.15, 0.2) is 18.3 Å². The number of methoxy groups -OCH3 is 1. The van der Waals surface area contributed by atoms with Crippen molar-refractivity contribution in [2.24, 2.45) is 0 Å². The van der Waals surface area contributed by atoms with Crippen LogP contribution in [0.3, 0.4) is 0 Å². The number of nitrogens with zero attached hydrogens (tertiary/aromatic N) is 2. The number of hydrogen-bond donors (Lipinski definition) is 1. The molecule has 2 aromatic heterocycles. The van der Waals surface area contributed by atoms with Gasteiger partial charge in [0.2, 0.25) is 0 Å². The second-order valence-corrected chi connectivity index (χ2v) is 5.60. The number of fused-ring (bicyclic) bond motifs is 1. The number of carbonyl (C=O) groups is 1. The normalized spacial score (nSPS) is 12.6. The third-order valence-corrected chi connectivity index (χ3v) is 4.36. The van der Waals surface area contributed by atoms with Crippen molar-refractivity contribution in [1.29, 1.82) is 0 Å². The Morgan fingerprint density at radius 2 is 2.35 bits per heavy atom. The van der Waals surface area contributed by atoms with Gasteiger partial charge in [-0.1, -0.05) is 0 Å². The zero-order chi connectivity index (χ0) is 14.7. The third kappa shape index (κ3) is 2.62. The molecule has 1 atom stereocenters. The maximum atomic E-state index is 12.7. The van der Waals surface area contributed by atoms with Crippen LogP contribution < -0.4 is 5.73 Å². The zero-order valence-corrected chi connectivity index (χ0v) is 12.7. The van der Waals surface area contributed by atoms with E-state index in [9.17, 15) is 4.79 Å². The summed E-state index contributed by atoms with van der Waals surface area (Å²) >= 11 is 1.34. The number of amides is 1. The van der Waals surface area contributed by atoms with Crippen molar-refractivity contribution in [2.45, 2.75) is 19.9 Å². The Kier molecular flexibility index (Phi) is 4.57. The molecule has 0 aliphatic heterocycles. The van der Waals surface area contributed by atoms with Crippen molar-refractivity contribution in [3.8, 4) is 0 Å². The molecule has 5 nitrogen and oxygen atoms in total. The summed E-state index contributed by atoms with van der Waals surface area (Å²) in [5, 5.41) is 0.844. The summed E-state index contributed by atoms with van der Waals surface area (Å²) in [6.45, 7) is 5.03. The van der Waals surface area contributed by atoms with Gasteiger partial charge in [-0.3, -0.25) is 4.79 Å². The van der Waals surface area contributed by atoms with Gasteiger partial charge in [0.05, 0.1) is 18.3 Å². The SMILES string of the molecule is CCN(C(=O)c1sc2ncccc2c1N)C(C)COC. The van der Waals surface area contributed by atoms with Crippen molar-refractivity contribution >= 4 is 33.1 Å². The quantitative estimate of drug-likeness (QED) is 0.919. The predicted molar refractivity (Wildman–Crippen MR) is 82.1 cm³/mol. The number of aromatic nitrogens is 1. The number of likely N-dealkylation sites (N-methyl/N-ethyl adjacent to an activating group) is 1. The number of hydrogen-bond acceptors (Lipinski definition) is 5. The summed E-state index contributed by atoms with van der Waals surface area (Å²) in [6.07, 6.45) is 1.71. The van der Waals surface area contributed by atoms with E-state index in [0.717, 1.165) is 10.2 Å². The molecular weight excluding hydrogens is 274 g/mol. The summed E-state index contributed by atoms with van der Waals surface area (Å²) in [5.74, 6) is -0.0578. The Hall–Kier alpha value is -1.66. The van der Waals surface area contributed by atoms with Crippen LogP contribution in [-0.2, 0) is 4.74 Å². The number of nitrogen functional groups attached to an aromatic ring is 1. The second-order valence-electron chi connectivity index (χ2n) is 4.60. The topological polar surface area (TPSA) is 68.5 Å². The number of rotatable bonds is 5. The Morgan fingerprint density at radius 1 is 1.60 bits per heavy atom. The standard InChI is InChI=1S/C14H19N3O2S/c1-4-17(9(2)8-19-3)14(18)12-11(15)10-6-5-7-16-13(10)20-12/h5-7,9H,4,8,15H2,1-3H3. The summed E-state index contributed by atoms with van der Waals surface area (Å²) in [6, 6.07) is 3.72. The lowest BCUT2D eigenvalue weighted by atomic mass is 10.2. The Labute approximate surface area is 122 Å². The van der Waals surface area contributed by atoms with E-state index in [1.54, 1.807) is 18.2 Å². The molecule has 20 heavy (non-hydrogen) atoms. The van der Waals surface area contributed by atoms with Gasteiger partial charge >= 0.3 is 0 Å². The van der Waals surface area contributed by atoms with E-state index in [-0.39, 0.29) is 11.9 Å². The molecule has 0 fully saturated rings. The maximum absolute atomic E-state index is 12.7. The zero-order valence-electron chi connectivity index (χ0n) is 11.9. The number of nitrogens with two attached hydrogens (primary N) is 1. The van der Waals surface area contributed by atoms with Crippen LogP contribution >= 0.6 is 11.3 Å². The minimum atomic E-state index is -0.0578. The fourth-order valence-electron chi connectivity index (χ4n) is 2.23. The van der Waals surface area contributed by atoms with E-state index in [1.807, 2.05) is 26.0 Å². The van der Waals surface area contributed by atoms with Crippen molar-refractivity contribution < 1.29 is 9.53 Å². The first-order valence-electron chi connectivity index (χ1n) is 6.53.